The van der Waals surface area contributed by atoms with Crippen LogP contribution in [0.4, 0.5) is 13.2 Å². The third-order valence-corrected chi connectivity index (χ3v) is 3.45. The molecule has 3 rings (SSSR count). The minimum atomic E-state index is -4.46. The number of hydrogen-bond acceptors (Lipinski definition) is 3. The van der Waals surface area contributed by atoms with Gasteiger partial charge in [-0.2, -0.15) is 18.2 Å². The lowest BCUT2D eigenvalue weighted by Gasteiger charge is -2.17. The van der Waals surface area contributed by atoms with Crippen molar-refractivity contribution in [3.05, 3.63) is 65.2 Å². The van der Waals surface area contributed by atoms with Gasteiger partial charge < -0.3 is 15.6 Å². The highest BCUT2D eigenvalue weighted by Crippen LogP contribution is 2.39. The maximum Gasteiger partial charge on any atom is 0.416 e. The Kier molecular flexibility index (Phi) is 3.52. The second kappa shape index (κ2) is 5.27. The van der Waals surface area contributed by atoms with Crippen LogP contribution in [0.25, 0.3) is 0 Å². The Balaban J connectivity index is 1.88. The van der Waals surface area contributed by atoms with Crippen molar-refractivity contribution < 1.29 is 23.0 Å². The third-order valence-electron chi connectivity index (χ3n) is 3.45. The fourth-order valence-corrected chi connectivity index (χ4v) is 2.38. The van der Waals surface area contributed by atoms with Gasteiger partial charge in [0.05, 0.1) is 12.0 Å². The van der Waals surface area contributed by atoms with Crippen molar-refractivity contribution in [2.75, 3.05) is 0 Å². The summed E-state index contributed by atoms with van der Waals surface area (Å²) < 4.78 is 43.5. The Labute approximate surface area is 130 Å². The van der Waals surface area contributed by atoms with E-state index < -0.39 is 17.7 Å². The molecule has 1 aliphatic rings. The van der Waals surface area contributed by atoms with Crippen molar-refractivity contribution >= 4 is 5.84 Å². The first-order valence-corrected chi connectivity index (χ1v) is 6.79. The number of hydrogen-bond donors (Lipinski definition) is 2. The van der Waals surface area contributed by atoms with Crippen molar-refractivity contribution in [2.24, 2.45) is 10.7 Å². The lowest BCUT2D eigenvalue weighted by Crippen LogP contribution is -2.34. The monoisotopic (exact) mass is 322 g/mol. The number of rotatable bonds is 2. The predicted octanol–water partition coefficient (Wildman–Crippen LogP) is 2.69. The van der Waals surface area contributed by atoms with E-state index in [1.165, 1.54) is 6.07 Å². The van der Waals surface area contributed by atoms with E-state index in [0.717, 1.165) is 12.1 Å². The molecule has 0 radical (unpaired) electrons. The molecule has 0 spiro atoms. The van der Waals surface area contributed by atoms with Crippen LogP contribution in [0.3, 0.4) is 0 Å². The van der Waals surface area contributed by atoms with Crippen molar-refractivity contribution in [3.8, 4) is 5.75 Å². The molecule has 1 unspecified atom stereocenters. The predicted molar refractivity (Wildman–Crippen MR) is 77.9 cm³/mol. The molecular formula is C16H13F3N2O2. The normalized spacial score (nSPS) is 21.0. The van der Waals surface area contributed by atoms with Gasteiger partial charge in [-0.15, -0.1) is 0 Å². The summed E-state index contributed by atoms with van der Waals surface area (Å²) in [5.41, 5.74) is 5.83. The summed E-state index contributed by atoms with van der Waals surface area (Å²) in [5.74, 6) is -1.81. The smallest absolute Gasteiger partial charge is 0.416 e. The van der Waals surface area contributed by atoms with E-state index in [-0.39, 0.29) is 23.6 Å². The van der Waals surface area contributed by atoms with Crippen LogP contribution in [0.5, 0.6) is 5.75 Å². The van der Waals surface area contributed by atoms with Crippen molar-refractivity contribution in [1.82, 2.24) is 0 Å². The molecule has 0 aromatic heterocycles. The highest BCUT2D eigenvalue weighted by molar-refractivity contribution is 5.97. The van der Waals surface area contributed by atoms with Crippen LogP contribution in [0.1, 0.15) is 16.7 Å². The fraction of sp³-hybridized carbons (Fsp3) is 0.188. The van der Waals surface area contributed by atoms with E-state index in [2.05, 4.69) is 4.99 Å². The van der Waals surface area contributed by atoms with Gasteiger partial charge in [0.2, 0.25) is 0 Å². The number of aliphatic hydroxyl groups is 1. The summed E-state index contributed by atoms with van der Waals surface area (Å²) in [5, 5.41) is 10.4. The zero-order valence-electron chi connectivity index (χ0n) is 11.8. The number of amidine groups is 1. The van der Waals surface area contributed by atoms with Crippen LogP contribution in [-0.2, 0) is 12.6 Å². The number of ether oxygens (including phenoxy) is 1. The molecule has 0 saturated carbocycles. The van der Waals surface area contributed by atoms with Gasteiger partial charge in [0.1, 0.15) is 11.6 Å². The van der Waals surface area contributed by atoms with E-state index >= 15 is 0 Å². The minimum absolute atomic E-state index is 0.0388. The van der Waals surface area contributed by atoms with Crippen LogP contribution >= 0.6 is 0 Å². The average Bonchev–Trinajstić information content (AvgIpc) is 2.82. The molecule has 1 aliphatic heterocycles. The second-order valence-electron chi connectivity index (χ2n) is 5.21. The van der Waals surface area contributed by atoms with Crippen molar-refractivity contribution in [3.63, 3.8) is 0 Å². The van der Waals surface area contributed by atoms with Gasteiger partial charge >= 0.3 is 12.1 Å². The van der Waals surface area contributed by atoms with Gasteiger partial charge in [-0.3, -0.25) is 0 Å². The number of halogens is 3. The molecule has 0 saturated heterocycles. The maximum atomic E-state index is 12.7. The van der Waals surface area contributed by atoms with Crippen LogP contribution < -0.4 is 10.5 Å². The Morgan fingerprint density at radius 1 is 1.17 bits per heavy atom. The van der Waals surface area contributed by atoms with Gasteiger partial charge in [-0.05, 0) is 18.2 Å². The van der Waals surface area contributed by atoms with Crippen LogP contribution in [0, 0.1) is 0 Å². The Morgan fingerprint density at radius 3 is 2.52 bits per heavy atom. The summed E-state index contributed by atoms with van der Waals surface area (Å²) in [4.78, 5) is 3.93. The molecule has 0 aliphatic carbocycles. The van der Waals surface area contributed by atoms with Gasteiger partial charge in [-0.1, -0.05) is 30.3 Å². The van der Waals surface area contributed by atoms with E-state index in [1.54, 1.807) is 30.3 Å². The van der Waals surface area contributed by atoms with E-state index in [1.807, 2.05) is 0 Å². The Hall–Kier alpha value is -2.54. The number of nitrogens with two attached hydrogens (primary N) is 1. The topological polar surface area (TPSA) is 67.8 Å². The second-order valence-corrected chi connectivity index (χ2v) is 5.21. The zero-order valence-corrected chi connectivity index (χ0v) is 11.8. The van der Waals surface area contributed by atoms with E-state index in [9.17, 15) is 18.3 Å². The zero-order chi connectivity index (χ0) is 16.7. The molecule has 1 atom stereocenters. The highest BCUT2D eigenvalue weighted by atomic mass is 19.4. The molecule has 120 valence electrons. The summed E-state index contributed by atoms with van der Waals surface area (Å²) in [6.45, 7) is 0. The third kappa shape index (κ3) is 3.14. The van der Waals surface area contributed by atoms with Crippen LogP contribution in [0.2, 0.25) is 0 Å². The van der Waals surface area contributed by atoms with Crippen LogP contribution in [0.15, 0.2) is 53.5 Å². The van der Waals surface area contributed by atoms with Gasteiger partial charge in [0, 0.05) is 11.1 Å². The quantitative estimate of drug-likeness (QED) is 0.660. The average molecular weight is 322 g/mol. The molecule has 4 nitrogen and oxygen atoms in total. The highest BCUT2D eigenvalue weighted by Gasteiger charge is 2.40. The Bertz CT molecular complexity index is 760. The van der Waals surface area contributed by atoms with Crippen molar-refractivity contribution in [2.45, 2.75) is 18.5 Å². The lowest BCUT2D eigenvalue weighted by atomic mass is 10.1. The summed E-state index contributed by atoms with van der Waals surface area (Å²) >= 11 is 0. The first-order valence-electron chi connectivity index (χ1n) is 6.79. The summed E-state index contributed by atoms with van der Waals surface area (Å²) in [6, 6.07) is 11.7. The minimum Gasteiger partial charge on any atom is -0.442 e. The van der Waals surface area contributed by atoms with Gasteiger partial charge in [-0.25, -0.2) is 0 Å². The number of benzene rings is 2. The maximum absolute atomic E-state index is 12.7. The van der Waals surface area contributed by atoms with E-state index in [0.29, 0.717) is 5.56 Å². The molecule has 0 fully saturated rings. The molecular weight excluding hydrogens is 309 g/mol. The van der Waals surface area contributed by atoms with Gasteiger partial charge in [0.25, 0.3) is 0 Å². The molecule has 0 amide bonds. The number of aliphatic imine (C=N–C) groups is 1. The van der Waals surface area contributed by atoms with Crippen LogP contribution in [-0.4, -0.2) is 16.9 Å². The van der Waals surface area contributed by atoms with Crippen molar-refractivity contribution in [1.29, 1.82) is 0 Å². The molecule has 3 N–H and O–H groups in total. The lowest BCUT2D eigenvalue weighted by molar-refractivity contribution is -0.137. The molecule has 0 bridgehead atoms. The number of alkyl halides is 3. The number of nitrogens with zero attached hydrogens (tertiary/aromatic N) is 1. The largest absolute Gasteiger partial charge is 0.442 e. The molecule has 2 aromatic carbocycles. The number of fused-ring (bicyclic) bond motifs is 1. The van der Waals surface area contributed by atoms with Gasteiger partial charge in [0.15, 0.2) is 0 Å². The molecule has 2 aromatic rings. The molecule has 1 heterocycles. The summed E-state index contributed by atoms with van der Waals surface area (Å²) in [7, 11) is 0. The fourth-order valence-electron chi connectivity index (χ4n) is 2.38. The standard InChI is InChI=1S/C16H13F3N2O2/c17-16(18,19)12-6-7-13-11(8-12)9-15(22,23-13)21-14(20)10-4-2-1-3-5-10/h1-8,22H,9H2,(H2,20,21). The SMILES string of the molecule is N/C(=N\C1(O)Cc2cc(C(F)(F)F)ccc2O1)c1ccccc1. The first kappa shape index (κ1) is 15.4. The van der Waals surface area contributed by atoms with E-state index in [4.69, 9.17) is 10.5 Å². The first-order chi connectivity index (χ1) is 10.8. The molecule has 7 heteroatoms. The Morgan fingerprint density at radius 2 is 1.87 bits per heavy atom. The summed E-state index contributed by atoms with van der Waals surface area (Å²) in [6.07, 6.45) is -4.66. The molecule has 23 heavy (non-hydrogen) atoms.